The van der Waals surface area contributed by atoms with Crippen molar-refractivity contribution in [2.24, 2.45) is 0 Å². The molecule has 2 aromatic carbocycles. The molecule has 0 unspecified atom stereocenters. The van der Waals surface area contributed by atoms with Crippen LogP contribution in [0.1, 0.15) is 35.8 Å². The number of rotatable bonds is 6. The van der Waals surface area contributed by atoms with Crippen molar-refractivity contribution < 1.29 is 24.5 Å². The Morgan fingerprint density at radius 3 is 2.55 bits per heavy atom. The molecule has 3 N–H and O–H groups in total. The molecule has 0 spiro atoms. The molecular formula is C21H19ClN2O5. The Kier molecular flexibility index (Phi) is 5.89. The summed E-state index contributed by atoms with van der Waals surface area (Å²) in [6.45, 7) is 3.58. The van der Waals surface area contributed by atoms with Gasteiger partial charge in [-0.3, -0.25) is 9.59 Å². The van der Waals surface area contributed by atoms with Crippen molar-refractivity contribution in [3.8, 4) is 17.2 Å². The highest BCUT2D eigenvalue weighted by atomic mass is 35.5. The van der Waals surface area contributed by atoms with E-state index in [1.165, 1.54) is 0 Å². The Morgan fingerprint density at radius 1 is 1.14 bits per heavy atom. The first-order chi connectivity index (χ1) is 13.8. The lowest BCUT2D eigenvalue weighted by atomic mass is 10.0. The van der Waals surface area contributed by atoms with E-state index in [-0.39, 0.29) is 16.6 Å². The van der Waals surface area contributed by atoms with Gasteiger partial charge in [-0.05, 0) is 41.8 Å². The normalized spacial score (nSPS) is 10.9. The number of ether oxygens (including phenoxy) is 1. The van der Waals surface area contributed by atoms with Gasteiger partial charge >= 0.3 is 5.97 Å². The highest BCUT2D eigenvalue weighted by Crippen LogP contribution is 2.35. The van der Waals surface area contributed by atoms with Crippen molar-refractivity contribution in [3.63, 3.8) is 0 Å². The molecule has 0 saturated heterocycles. The fraction of sp³-hybridized carbons (Fsp3) is 0.190. The van der Waals surface area contributed by atoms with Crippen LogP contribution in [-0.2, 0) is 4.79 Å². The van der Waals surface area contributed by atoms with E-state index >= 15 is 0 Å². The zero-order valence-electron chi connectivity index (χ0n) is 15.8. The first kappa shape index (κ1) is 20.4. The van der Waals surface area contributed by atoms with E-state index in [4.69, 9.17) is 21.4 Å². The average molecular weight is 415 g/mol. The van der Waals surface area contributed by atoms with E-state index in [0.29, 0.717) is 28.2 Å². The SMILES string of the molecule is CC(C)c1cccc(Oc2ccc3c(O)c(C(=O)NCC(=O)O)nc(Cl)c3c2)c1. The number of fused-ring (bicyclic) bond motifs is 1. The molecule has 1 heterocycles. The van der Waals surface area contributed by atoms with Gasteiger partial charge in [0.05, 0.1) is 0 Å². The first-order valence-electron chi connectivity index (χ1n) is 8.86. The van der Waals surface area contributed by atoms with Gasteiger partial charge in [0.15, 0.2) is 11.4 Å². The minimum absolute atomic E-state index is 0.0142. The van der Waals surface area contributed by atoms with Crippen LogP contribution >= 0.6 is 11.6 Å². The van der Waals surface area contributed by atoms with Crippen molar-refractivity contribution >= 4 is 34.2 Å². The van der Waals surface area contributed by atoms with Crippen molar-refractivity contribution in [2.45, 2.75) is 19.8 Å². The van der Waals surface area contributed by atoms with E-state index in [9.17, 15) is 14.7 Å². The smallest absolute Gasteiger partial charge is 0.322 e. The molecule has 0 aliphatic carbocycles. The van der Waals surface area contributed by atoms with Gasteiger partial charge in [0, 0.05) is 10.8 Å². The van der Waals surface area contributed by atoms with Gasteiger partial charge in [-0.1, -0.05) is 37.6 Å². The summed E-state index contributed by atoms with van der Waals surface area (Å²) in [6, 6.07) is 12.5. The number of halogens is 1. The second kappa shape index (κ2) is 8.36. The molecule has 0 fully saturated rings. The predicted octanol–water partition coefficient (Wildman–Crippen LogP) is 4.32. The number of aromatic nitrogens is 1. The van der Waals surface area contributed by atoms with Crippen molar-refractivity contribution in [1.82, 2.24) is 10.3 Å². The van der Waals surface area contributed by atoms with Crippen LogP contribution in [0.15, 0.2) is 42.5 Å². The monoisotopic (exact) mass is 414 g/mol. The summed E-state index contributed by atoms with van der Waals surface area (Å²) in [5.41, 5.74) is 0.791. The average Bonchev–Trinajstić information content (AvgIpc) is 2.69. The number of carbonyl (C=O) groups is 2. The number of carboxylic acid groups (broad SMARTS) is 1. The molecule has 8 heteroatoms. The molecule has 0 aliphatic rings. The summed E-state index contributed by atoms with van der Waals surface area (Å²) in [5, 5.41) is 21.9. The Balaban J connectivity index is 1.93. The number of benzene rings is 2. The number of amides is 1. The molecule has 150 valence electrons. The highest BCUT2D eigenvalue weighted by Gasteiger charge is 2.19. The standard InChI is InChI=1S/C21H19ClN2O5/c1-11(2)12-4-3-5-13(8-12)29-14-6-7-15-16(9-14)20(22)24-18(19(15)27)21(28)23-10-17(25)26/h3-9,11,27H,10H2,1-2H3,(H,23,28)(H,25,26). The molecule has 0 bridgehead atoms. The highest BCUT2D eigenvalue weighted by molar-refractivity contribution is 6.35. The fourth-order valence-electron chi connectivity index (χ4n) is 2.77. The number of nitrogens with one attached hydrogen (secondary N) is 1. The van der Waals surface area contributed by atoms with Gasteiger partial charge in [0.2, 0.25) is 0 Å². The topological polar surface area (TPSA) is 109 Å². The quantitative estimate of drug-likeness (QED) is 0.518. The second-order valence-corrected chi connectivity index (χ2v) is 7.07. The molecule has 0 radical (unpaired) electrons. The summed E-state index contributed by atoms with van der Waals surface area (Å²) in [6.07, 6.45) is 0. The predicted molar refractivity (Wildman–Crippen MR) is 109 cm³/mol. The van der Waals surface area contributed by atoms with Crippen LogP contribution in [0.2, 0.25) is 5.15 Å². The first-order valence-corrected chi connectivity index (χ1v) is 9.24. The Hall–Kier alpha value is -3.32. The van der Waals surface area contributed by atoms with Crippen LogP contribution in [0.5, 0.6) is 17.2 Å². The third-order valence-corrected chi connectivity index (χ3v) is 4.57. The summed E-state index contributed by atoms with van der Waals surface area (Å²) in [7, 11) is 0. The maximum absolute atomic E-state index is 12.1. The van der Waals surface area contributed by atoms with E-state index in [1.54, 1.807) is 18.2 Å². The zero-order chi connectivity index (χ0) is 21.1. The second-order valence-electron chi connectivity index (χ2n) is 6.71. The lowest BCUT2D eigenvalue weighted by Gasteiger charge is -2.12. The van der Waals surface area contributed by atoms with Crippen LogP contribution in [0.3, 0.4) is 0 Å². The molecule has 3 aromatic rings. The summed E-state index contributed by atoms with van der Waals surface area (Å²) < 4.78 is 5.90. The number of pyridine rings is 1. The lowest BCUT2D eigenvalue weighted by molar-refractivity contribution is -0.135. The third-order valence-electron chi connectivity index (χ3n) is 4.28. The van der Waals surface area contributed by atoms with Crippen LogP contribution in [0, 0.1) is 0 Å². The van der Waals surface area contributed by atoms with E-state index < -0.39 is 18.4 Å². The van der Waals surface area contributed by atoms with Gasteiger partial charge in [0.1, 0.15) is 23.2 Å². The van der Waals surface area contributed by atoms with Crippen LogP contribution in [0.25, 0.3) is 10.8 Å². The molecule has 29 heavy (non-hydrogen) atoms. The van der Waals surface area contributed by atoms with E-state index in [1.807, 2.05) is 24.3 Å². The minimum atomic E-state index is -1.21. The van der Waals surface area contributed by atoms with Crippen molar-refractivity contribution in [1.29, 1.82) is 0 Å². The van der Waals surface area contributed by atoms with Gasteiger partial charge in [0.25, 0.3) is 5.91 Å². The maximum atomic E-state index is 12.1. The van der Waals surface area contributed by atoms with Gasteiger partial charge < -0.3 is 20.3 Å². The van der Waals surface area contributed by atoms with Gasteiger partial charge in [-0.15, -0.1) is 0 Å². The number of nitrogens with zero attached hydrogens (tertiary/aromatic N) is 1. The molecule has 0 atom stereocenters. The zero-order valence-corrected chi connectivity index (χ0v) is 16.5. The lowest BCUT2D eigenvalue weighted by Crippen LogP contribution is -2.30. The number of carboxylic acids is 1. The number of hydrogen-bond acceptors (Lipinski definition) is 5. The largest absolute Gasteiger partial charge is 0.505 e. The Labute approximate surface area is 171 Å². The molecule has 0 saturated carbocycles. The van der Waals surface area contributed by atoms with Crippen LogP contribution in [-0.4, -0.2) is 33.6 Å². The molecular weight excluding hydrogens is 396 g/mol. The van der Waals surface area contributed by atoms with Crippen LogP contribution < -0.4 is 10.1 Å². The van der Waals surface area contributed by atoms with Gasteiger partial charge in [-0.2, -0.15) is 0 Å². The van der Waals surface area contributed by atoms with E-state index in [0.717, 1.165) is 5.56 Å². The number of aromatic hydroxyl groups is 1. The molecule has 1 aromatic heterocycles. The summed E-state index contributed by atoms with van der Waals surface area (Å²) in [4.78, 5) is 26.6. The molecule has 1 amide bonds. The third kappa shape index (κ3) is 4.57. The Morgan fingerprint density at radius 2 is 1.86 bits per heavy atom. The summed E-state index contributed by atoms with van der Waals surface area (Å²) >= 11 is 6.21. The molecule has 0 aliphatic heterocycles. The number of hydrogen-bond donors (Lipinski definition) is 3. The molecule has 7 nitrogen and oxygen atoms in total. The summed E-state index contributed by atoms with van der Waals surface area (Å²) in [5.74, 6) is -0.928. The molecule has 3 rings (SSSR count). The van der Waals surface area contributed by atoms with Crippen molar-refractivity contribution in [2.75, 3.05) is 6.54 Å². The number of carbonyl (C=O) groups excluding carboxylic acids is 1. The fourth-order valence-corrected chi connectivity index (χ4v) is 3.01. The maximum Gasteiger partial charge on any atom is 0.322 e. The number of aliphatic carboxylic acids is 1. The van der Waals surface area contributed by atoms with Crippen molar-refractivity contribution in [3.05, 3.63) is 58.9 Å². The van der Waals surface area contributed by atoms with Crippen LogP contribution in [0.4, 0.5) is 0 Å². The van der Waals surface area contributed by atoms with Gasteiger partial charge in [-0.25, -0.2) is 4.98 Å². The minimum Gasteiger partial charge on any atom is -0.505 e. The van der Waals surface area contributed by atoms with E-state index in [2.05, 4.69) is 24.1 Å². The Bertz CT molecular complexity index is 1100.